The SMILES string of the molecule is COc1cccc(NC(=O)N(CC(=O)Nc2c(-c3ccccc3)c(C)nn2-c2ccccc2C)CC(C)C)c1. The van der Waals surface area contributed by atoms with Gasteiger partial charge in [0.2, 0.25) is 5.91 Å². The number of hydrogen-bond donors (Lipinski definition) is 2. The molecule has 0 bridgehead atoms. The minimum Gasteiger partial charge on any atom is -0.497 e. The Morgan fingerprint density at radius 2 is 1.67 bits per heavy atom. The predicted octanol–water partition coefficient (Wildman–Crippen LogP) is 6.29. The Morgan fingerprint density at radius 1 is 0.949 bits per heavy atom. The molecular weight excluding hydrogens is 490 g/mol. The van der Waals surface area contributed by atoms with E-state index in [-0.39, 0.29) is 24.4 Å². The van der Waals surface area contributed by atoms with E-state index in [1.807, 2.05) is 82.3 Å². The number of hydrogen-bond acceptors (Lipinski definition) is 4. The largest absolute Gasteiger partial charge is 0.497 e. The van der Waals surface area contributed by atoms with Crippen molar-refractivity contribution in [2.75, 3.05) is 30.8 Å². The fourth-order valence-corrected chi connectivity index (χ4v) is 4.48. The van der Waals surface area contributed by atoms with Crippen molar-refractivity contribution < 1.29 is 14.3 Å². The Balaban J connectivity index is 1.64. The highest BCUT2D eigenvalue weighted by molar-refractivity contribution is 5.99. The van der Waals surface area contributed by atoms with Crippen LogP contribution in [0.25, 0.3) is 16.8 Å². The Hall–Kier alpha value is -4.59. The van der Waals surface area contributed by atoms with Crippen molar-refractivity contribution >= 4 is 23.4 Å². The molecule has 8 nitrogen and oxygen atoms in total. The van der Waals surface area contributed by atoms with Crippen LogP contribution < -0.4 is 15.4 Å². The molecule has 0 saturated heterocycles. The maximum Gasteiger partial charge on any atom is 0.322 e. The van der Waals surface area contributed by atoms with Gasteiger partial charge in [0.15, 0.2) is 0 Å². The van der Waals surface area contributed by atoms with Gasteiger partial charge in [-0.25, -0.2) is 9.48 Å². The van der Waals surface area contributed by atoms with E-state index >= 15 is 0 Å². The summed E-state index contributed by atoms with van der Waals surface area (Å²) in [4.78, 5) is 28.3. The van der Waals surface area contributed by atoms with Crippen LogP contribution >= 0.6 is 0 Å². The first-order valence-electron chi connectivity index (χ1n) is 13.0. The minimum absolute atomic E-state index is 0.125. The van der Waals surface area contributed by atoms with Gasteiger partial charge in [-0.05, 0) is 49.1 Å². The summed E-state index contributed by atoms with van der Waals surface area (Å²) in [5, 5.41) is 10.8. The van der Waals surface area contributed by atoms with Crippen LogP contribution in [0.3, 0.4) is 0 Å². The average molecular weight is 526 g/mol. The molecule has 0 fully saturated rings. The van der Waals surface area contributed by atoms with Gasteiger partial charge in [-0.15, -0.1) is 0 Å². The molecule has 0 spiro atoms. The van der Waals surface area contributed by atoms with E-state index in [0.717, 1.165) is 28.1 Å². The van der Waals surface area contributed by atoms with Gasteiger partial charge >= 0.3 is 6.03 Å². The van der Waals surface area contributed by atoms with Crippen LogP contribution in [0.5, 0.6) is 5.75 Å². The van der Waals surface area contributed by atoms with Crippen LogP contribution in [0, 0.1) is 19.8 Å². The molecule has 3 aromatic carbocycles. The summed E-state index contributed by atoms with van der Waals surface area (Å²) in [6.07, 6.45) is 0. The Kier molecular flexibility index (Phi) is 8.66. The molecule has 2 N–H and O–H groups in total. The standard InChI is InChI=1S/C31H35N5O3/c1-21(2)19-35(31(38)32-25-15-11-16-26(18-25)39-5)20-28(37)33-30-29(24-13-7-6-8-14-24)23(4)34-36(30)27-17-10-9-12-22(27)3/h6-18,21H,19-20H2,1-5H3,(H,32,38)(H,33,37). The number of anilines is 2. The molecule has 0 aliphatic heterocycles. The molecule has 0 saturated carbocycles. The fourth-order valence-electron chi connectivity index (χ4n) is 4.48. The summed E-state index contributed by atoms with van der Waals surface area (Å²) >= 11 is 0. The van der Waals surface area contributed by atoms with E-state index in [1.165, 1.54) is 4.90 Å². The first kappa shape index (κ1) is 27.4. The molecule has 1 heterocycles. The average Bonchev–Trinajstić information content (AvgIpc) is 3.23. The summed E-state index contributed by atoms with van der Waals surface area (Å²) in [6, 6.07) is 24.5. The third-order valence-electron chi connectivity index (χ3n) is 6.25. The minimum atomic E-state index is -0.362. The number of nitrogens with one attached hydrogen (secondary N) is 2. The van der Waals surface area contributed by atoms with Gasteiger partial charge in [0.25, 0.3) is 0 Å². The lowest BCUT2D eigenvalue weighted by atomic mass is 10.1. The lowest BCUT2D eigenvalue weighted by molar-refractivity contribution is -0.116. The molecule has 8 heteroatoms. The zero-order valence-electron chi connectivity index (χ0n) is 23.1. The second-order valence-electron chi connectivity index (χ2n) is 9.86. The van der Waals surface area contributed by atoms with Crippen molar-refractivity contribution in [1.82, 2.24) is 14.7 Å². The second-order valence-corrected chi connectivity index (χ2v) is 9.86. The topological polar surface area (TPSA) is 88.5 Å². The highest BCUT2D eigenvalue weighted by atomic mass is 16.5. The number of aromatic nitrogens is 2. The Labute approximate surface area is 229 Å². The van der Waals surface area contributed by atoms with E-state index in [9.17, 15) is 9.59 Å². The molecule has 0 aliphatic rings. The molecule has 0 atom stereocenters. The van der Waals surface area contributed by atoms with Crippen molar-refractivity contribution in [2.45, 2.75) is 27.7 Å². The van der Waals surface area contributed by atoms with Crippen LogP contribution in [0.1, 0.15) is 25.1 Å². The molecule has 4 aromatic rings. The van der Waals surface area contributed by atoms with E-state index in [4.69, 9.17) is 9.84 Å². The number of aryl methyl sites for hydroxylation is 2. The molecule has 3 amide bonds. The van der Waals surface area contributed by atoms with Crippen molar-refractivity contribution in [3.05, 3.63) is 90.1 Å². The summed E-state index contributed by atoms with van der Waals surface area (Å²) < 4.78 is 7.03. The quantitative estimate of drug-likeness (QED) is 0.269. The first-order chi connectivity index (χ1) is 18.8. The summed E-state index contributed by atoms with van der Waals surface area (Å²) in [6.45, 7) is 8.24. The van der Waals surface area contributed by atoms with Gasteiger partial charge in [-0.2, -0.15) is 5.10 Å². The Bertz CT molecular complexity index is 1450. The van der Waals surface area contributed by atoms with Gasteiger partial charge in [0.05, 0.1) is 18.5 Å². The van der Waals surface area contributed by atoms with Gasteiger partial charge in [-0.1, -0.05) is 68.4 Å². The summed E-state index contributed by atoms with van der Waals surface area (Å²) in [5.41, 5.74) is 5.05. The monoisotopic (exact) mass is 525 g/mol. The van der Waals surface area contributed by atoms with E-state index in [0.29, 0.717) is 23.8 Å². The van der Waals surface area contributed by atoms with Crippen molar-refractivity contribution in [1.29, 1.82) is 0 Å². The lowest BCUT2D eigenvalue weighted by Gasteiger charge is -2.25. The van der Waals surface area contributed by atoms with Crippen LogP contribution in [0.2, 0.25) is 0 Å². The number of benzene rings is 3. The maximum atomic E-state index is 13.5. The lowest BCUT2D eigenvalue weighted by Crippen LogP contribution is -2.42. The van der Waals surface area contributed by atoms with Gasteiger partial charge in [0, 0.05) is 23.9 Å². The third-order valence-corrected chi connectivity index (χ3v) is 6.25. The van der Waals surface area contributed by atoms with Crippen LogP contribution in [0.4, 0.5) is 16.3 Å². The number of amides is 3. The van der Waals surface area contributed by atoms with E-state index in [2.05, 4.69) is 10.6 Å². The molecule has 0 unspecified atom stereocenters. The van der Waals surface area contributed by atoms with Gasteiger partial charge in [-0.3, -0.25) is 4.79 Å². The van der Waals surface area contributed by atoms with Gasteiger partial charge in [0.1, 0.15) is 18.1 Å². The zero-order chi connectivity index (χ0) is 27.9. The molecule has 1 aromatic heterocycles. The second kappa shape index (κ2) is 12.3. The fraction of sp³-hybridized carbons (Fsp3) is 0.258. The zero-order valence-corrected chi connectivity index (χ0v) is 23.1. The maximum absolute atomic E-state index is 13.5. The molecule has 0 aliphatic carbocycles. The normalized spacial score (nSPS) is 10.8. The molecule has 0 radical (unpaired) electrons. The van der Waals surface area contributed by atoms with Crippen molar-refractivity contribution in [3.8, 4) is 22.6 Å². The number of carbonyl (C=O) groups is 2. The smallest absolute Gasteiger partial charge is 0.322 e. The number of para-hydroxylation sites is 1. The molecule has 202 valence electrons. The molecule has 39 heavy (non-hydrogen) atoms. The predicted molar refractivity (Wildman–Crippen MR) is 156 cm³/mol. The number of urea groups is 1. The van der Waals surface area contributed by atoms with Crippen LogP contribution in [-0.2, 0) is 4.79 Å². The number of nitrogens with zero attached hydrogens (tertiary/aromatic N) is 3. The highest BCUT2D eigenvalue weighted by Gasteiger charge is 2.24. The van der Waals surface area contributed by atoms with Gasteiger partial charge < -0.3 is 20.3 Å². The van der Waals surface area contributed by atoms with Crippen molar-refractivity contribution in [2.24, 2.45) is 5.92 Å². The summed E-state index contributed by atoms with van der Waals surface area (Å²) in [7, 11) is 1.57. The molecule has 4 rings (SSSR count). The number of carbonyl (C=O) groups excluding carboxylic acids is 2. The van der Waals surface area contributed by atoms with E-state index in [1.54, 1.807) is 36.1 Å². The number of methoxy groups -OCH3 is 1. The number of rotatable bonds is 9. The number of ether oxygens (including phenoxy) is 1. The first-order valence-corrected chi connectivity index (χ1v) is 13.0. The molecular formula is C31H35N5O3. The van der Waals surface area contributed by atoms with Crippen LogP contribution in [-0.4, -0.2) is 46.8 Å². The van der Waals surface area contributed by atoms with E-state index < -0.39 is 0 Å². The third kappa shape index (κ3) is 6.65. The highest BCUT2D eigenvalue weighted by Crippen LogP contribution is 2.34. The Morgan fingerprint density at radius 3 is 2.36 bits per heavy atom. The van der Waals surface area contributed by atoms with Crippen molar-refractivity contribution in [3.63, 3.8) is 0 Å². The van der Waals surface area contributed by atoms with Crippen LogP contribution in [0.15, 0.2) is 78.9 Å². The summed E-state index contributed by atoms with van der Waals surface area (Å²) in [5.74, 6) is 1.04.